The van der Waals surface area contributed by atoms with E-state index >= 15 is 0 Å². The minimum Gasteiger partial charge on any atom is -0.488 e. The molecule has 1 fully saturated rings. The Kier molecular flexibility index (Phi) is 6.28. The predicted molar refractivity (Wildman–Crippen MR) is 98.8 cm³/mol. The van der Waals surface area contributed by atoms with Crippen LogP contribution in [0.2, 0.25) is 0 Å². The smallest absolute Gasteiger partial charge is 0.221 e. The van der Waals surface area contributed by atoms with Gasteiger partial charge in [0.05, 0.1) is 12.4 Å². The van der Waals surface area contributed by atoms with Crippen LogP contribution in [-0.2, 0) is 11.3 Å². The van der Waals surface area contributed by atoms with E-state index in [0.717, 1.165) is 25.0 Å². The van der Waals surface area contributed by atoms with E-state index in [0.29, 0.717) is 19.5 Å². The summed E-state index contributed by atoms with van der Waals surface area (Å²) in [5, 5.41) is 13.6. The standard InChI is InChI=1S/C20H27N3O3/c1-15-5-7-17(8-6-15)26-18-4-2-3-16(20(18)25)13-22-19(24)9-11-23-12-10-21-14-23/h5-8,10,12,14,16,18,20,25H,2-4,9,11,13H2,1H3,(H,22,24)/t16-,18-,20-/m1/s1. The molecular weight excluding hydrogens is 330 g/mol. The number of carbonyl (C=O) groups excluding carboxylic acids is 1. The van der Waals surface area contributed by atoms with Crippen molar-refractivity contribution < 1.29 is 14.6 Å². The molecule has 0 radical (unpaired) electrons. The number of aliphatic hydroxyl groups excluding tert-OH is 1. The first-order chi connectivity index (χ1) is 12.6. The van der Waals surface area contributed by atoms with Crippen molar-refractivity contribution in [3.05, 3.63) is 48.5 Å². The minimum atomic E-state index is -0.570. The van der Waals surface area contributed by atoms with Crippen LogP contribution in [-0.4, -0.2) is 39.3 Å². The van der Waals surface area contributed by atoms with Crippen molar-refractivity contribution in [1.82, 2.24) is 14.9 Å². The summed E-state index contributed by atoms with van der Waals surface area (Å²) in [4.78, 5) is 16.0. The summed E-state index contributed by atoms with van der Waals surface area (Å²) in [5.74, 6) is 0.800. The molecule has 0 spiro atoms. The Hall–Kier alpha value is -2.34. The Morgan fingerprint density at radius 2 is 2.15 bits per heavy atom. The number of carbonyl (C=O) groups is 1. The van der Waals surface area contributed by atoms with Gasteiger partial charge in [-0.3, -0.25) is 4.79 Å². The molecule has 1 aliphatic rings. The molecule has 6 nitrogen and oxygen atoms in total. The summed E-state index contributed by atoms with van der Waals surface area (Å²) in [6.07, 6.45) is 7.57. The number of aliphatic hydroxyl groups is 1. The van der Waals surface area contributed by atoms with Crippen molar-refractivity contribution in [1.29, 1.82) is 0 Å². The molecule has 0 bridgehead atoms. The maximum atomic E-state index is 12.0. The van der Waals surface area contributed by atoms with Gasteiger partial charge < -0.3 is 19.7 Å². The normalized spacial score (nSPS) is 22.8. The van der Waals surface area contributed by atoms with Gasteiger partial charge in [-0.05, 0) is 38.3 Å². The maximum Gasteiger partial charge on any atom is 0.221 e. The van der Waals surface area contributed by atoms with E-state index in [1.165, 1.54) is 5.56 Å². The van der Waals surface area contributed by atoms with E-state index in [9.17, 15) is 9.90 Å². The van der Waals surface area contributed by atoms with Crippen LogP contribution in [0.4, 0.5) is 0 Å². The van der Waals surface area contributed by atoms with Crippen LogP contribution in [0.3, 0.4) is 0 Å². The zero-order valence-corrected chi connectivity index (χ0v) is 15.2. The molecule has 140 valence electrons. The predicted octanol–water partition coefficient (Wildman–Crippen LogP) is 2.31. The second-order valence-corrected chi connectivity index (χ2v) is 7.01. The highest BCUT2D eigenvalue weighted by Crippen LogP contribution is 2.28. The van der Waals surface area contributed by atoms with Crippen molar-refractivity contribution in [2.45, 2.75) is 51.4 Å². The third-order valence-corrected chi connectivity index (χ3v) is 4.95. The Balaban J connectivity index is 1.45. The molecule has 1 aromatic heterocycles. The van der Waals surface area contributed by atoms with Crippen molar-refractivity contribution in [3.8, 4) is 5.75 Å². The summed E-state index contributed by atoms with van der Waals surface area (Å²) in [6, 6.07) is 7.87. The van der Waals surface area contributed by atoms with Crippen LogP contribution in [0.1, 0.15) is 31.2 Å². The Labute approximate surface area is 154 Å². The fraction of sp³-hybridized carbons (Fsp3) is 0.500. The lowest BCUT2D eigenvalue weighted by Crippen LogP contribution is -2.45. The van der Waals surface area contributed by atoms with Gasteiger partial charge in [0.2, 0.25) is 5.91 Å². The molecule has 2 aromatic rings. The van der Waals surface area contributed by atoms with Crippen molar-refractivity contribution in [2.24, 2.45) is 5.92 Å². The second-order valence-electron chi connectivity index (χ2n) is 7.01. The highest BCUT2D eigenvalue weighted by atomic mass is 16.5. The molecule has 0 unspecified atom stereocenters. The zero-order chi connectivity index (χ0) is 18.4. The van der Waals surface area contributed by atoms with Crippen LogP contribution < -0.4 is 10.1 Å². The van der Waals surface area contributed by atoms with Crippen LogP contribution >= 0.6 is 0 Å². The first-order valence-corrected chi connectivity index (χ1v) is 9.25. The van der Waals surface area contributed by atoms with E-state index in [2.05, 4.69) is 10.3 Å². The number of imidazole rings is 1. The first kappa shape index (κ1) is 18.5. The topological polar surface area (TPSA) is 76.4 Å². The Bertz CT molecular complexity index is 685. The molecule has 26 heavy (non-hydrogen) atoms. The van der Waals surface area contributed by atoms with Crippen molar-refractivity contribution >= 4 is 5.91 Å². The largest absolute Gasteiger partial charge is 0.488 e. The fourth-order valence-corrected chi connectivity index (χ4v) is 3.35. The van der Waals surface area contributed by atoms with Gasteiger partial charge in [0.25, 0.3) is 0 Å². The number of hydrogen-bond donors (Lipinski definition) is 2. The first-order valence-electron chi connectivity index (χ1n) is 9.25. The summed E-state index contributed by atoms with van der Waals surface area (Å²) in [6.45, 7) is 3.13. The van der Waals surface area contributed by atoms with E-state index in [4.69, 9.17) is 4.74 Å². The van der Waals surface area contributed by atoms with E-state index in [1.54, 1.807) is 12.5 Å². The number of rotatable bonds is 7. The molecule has 0 saturated heterocycles. The number of nitrogens with one attached hydrogen (secondary N) is 1. The third-order valence-electron chi connectivity index (χ3n) is 4.95. The van der Waals surface area contributed by atoms with Gasteiger partial charge in [0.1, 0.15) is 11.9 Å². The van der Waals surface area contributed by atoms with Gasteiger partial charge in [-0.25, -0.2) is 4.98 Å². The molecule has 3 rings (SSSR count). The Morgan fingerprint density at radius 1 is 1.35 bits per heavy atom. The Morgan fingerprint density at radius 3 is 2.88 bits per heavy atom. The molecule has 1 heterocycles. The molecule has 6 heteroatoms. The van der Waals surface area contributed by atoms with Crippen LogP contribution in [0.5, 0.6) is 5.75 Å². The molecule has 1 saturated carbocycles. The number of amides is 1. The lowest BCUT2D eigenvalue weighted by Gasteiger charge is -2.35. The summed E-state index contributed by atoms with van der Waals surface area (Å²) in [7, 11) is 0. The molecule has 1 aliphatic carbocycles. The number of benzene rings is 1. The van der Waals surface area contributed by atoms with Crippen molar-refractivity contribution in [3.63, 3.8) is 0 Å². The van der Waals surface area contributed by atoms with Crippen molar-refractivity contribution in [2.75, 3.05) is 6.54 Å². The van der Waals surface area contributed by atoms with Crippen LogP contribution in [0, 0.1) is 12.8 Å². The summed E-state index contributed by atoms with van der Waals surface area (Å²) >= 11 is 0. The number of nitrogens with zero attached hydrogens (tertiary/aromatic N) is 2. The van der Waals surface area contributed by atoms with Gasteiger partial charge in [-0.15, -0.1) is 0 Å². The highest BCUT2D eigenvalue weighted by molar-refractivity contribution is 5.75. The zero-order valence-electron chi connectivity index (χ0n) is 15.2. The highest BCUT2D eigenvalue weighted by Gasteiger charge is 2.33. The summed E-state index contributed by atoms with van der Waals surface area (Å²) in [5.41, 5.74) is 1.18. The molecule has 2 N–H and O–H groups in total. The van der Waals surface area contributed by atoms with E-state index in [1.807, 2.05) is 42.0 Å². The quantitative estimate of drug-likeness (QED) is 0.797. The van der Waals surface area contributed by atoms with Gasteiger partial charge in [0.15, 0.2) is 0 Å². The molecule has 1 amide bonds. The minimum absolute atomic E-state index is 0.00697. The summed E-state index contributed by atoms with van der Waals surface area (Å²) < 4.78 is 7.86. The fourth-order valence-electron chi connectivity index (χ4n) is 3.35. The second kappa shape index (κ2) is 8.85. The van der Waals surface area contributed by atoms with Crippen LogP contribution in [0.25, 0.3) is 0 Å². The third kappa shape index (κ3) is 5.08. The lowest BCUT2D eigenvalue weighted by atomic mass is 9.84. The average Bonchev–Trinajstić information content (AvgIpc) is 3.16. The van der Waals surface area contributed by atoms with Gasteiger partial charge in [0, 0.05) is 37.8 Å². The molecular formula is C20H27N3O3. The van der Waals surface area contributed by atoms with Gasteiger partial charge in [-0.2, -0.15) is 0 Å². The van der Waals surface area contributed by atoms with E-state index in [-0.39, 0.29) is 17.9 Å². The number of ether oxygens (including phenoxy) is 1. The SMILES string of the molecule is Cc1ccc(O[C@@H]2CCC[C@H](CNC(=O)CCn3ccnc3)[C@H]2O)cc1. The molecule has 1 aromatic carbocycles. The van der Waals surface area contributed by atoms with Gasteiger partial charge in [-0.1, -0.05) is 17.7 Å². The maximum absolute atomic E-state index is 12.0. The monoisotopic (exact) mass is 357 g/mol. The number of hydrogen-bond acceptors (Lipinski definition) is 4. The number of aromatic nitrogens is 2. The van der Waals surface area contributed by atoms with E-state index < -0.39 is 6.10 Å². The molecule has 0 aliphatic heterocycles. The average molecular weight is 357 g/mol. The van der Waals surface area contributed by atoms with Gasteiger partial charge >= 0.3 is 0 Å². The lowest BCUT2D eigenvalue weighted by molar-refractivity contribution is -0.122. The van der Waals surface area contributed by atoms with Crippen LogP contribution in [0.15, 0.2) is 43.0 Å². The number of aryl methyl sites for hydroxylation is 2. The molecule has 3 atom stereocenters.